The van der Waals surface area contributed by atoms with E-state index in [4.69, 9.17) is 0 Å². The SMILES string of the molecule is CCNC(=O)[C@]1(Cc2ccccc2-c2ccncc2)CCCN(C(=O)c2ccn(C)n2)C1. The fraction of sp³-hybridized carbons (Fsp3) is 0.360. The van der Waals surface area contributed by atoms with Gasteiger partial charge in [0, 0.05) is 45.3 Å². The topological polar surface area (TPSA) is 80.1 Å². The Kier molecular flexibility index (Phi) is 6.35. The Morgan fingerprint density at radius 2 is 1.91 bits per heavy atom. The van der Waals surface area contributed by atoms with Crippen LogP contribution in [-0.2, 0) is 18.3 Å². The number of rotatable bonds is 6. The Bertz CT molecular complexity index is 1090. The van der Waals surface area contributed by atoms with E-state index >= 15 is 0 Å². The number of carbonyl (C=O) groups excluding carboxylic acids is 2. The predicted molar refractivity (Wildman–Crippen MR) is 123 cm³/mol. The highest BCUT2D eigenvalue weighted by Gasteiger charge is 2.44. The molecule has 166 valence electrons. The standard InChI is InChI=1S/C25H29N5O2/c1-3-27-24(32)25(12-6-15-30(18-25)23(31)22-11-16-29(2)28-22)17-20-7-4-5-8-21(20)19-9-13-26-14-10-19/h4-5,7-11,13-14,16H,3,6,12,15,17-18H2,1-2H3,(H,27,32)/t25-/m0/s1. The average Bonchev–Trinajstić information content (AvgIpc) is 3.26. The molecule has 1 aromatic carbocycles. The van der Waals surface area contributed by atoms with Gasteiger partial charge in [0.15, 0.2) is 0 Å². The van der Waals surface area contributed by atoms with E-state index in [9.17, 15) is 9.59 Å². The summed E-state index contributed by atoms with van der Waals surface area (Å²) in [4.78, 5) is 32.5. The quantitative estimate of drug-likeness (QED) is 0.650. The van der Waals surface area contributed by atoms with E-state index in [0.29, 0.717) is 31.7 Å². The predicted octanol–water partition coefficient (Wildman–Crippen LogP) is 3.08. The molecule has 1 fully saturated rings. The average molecular weight is 432 g/mol. The zero-order chi connectivity index (χ0) is 22.6. The molecule has 1 atom stereocenters. The zero-order valence-corrected chi connectivity index (χ0v) is 18.6. The molecule has 1 N–H and O–H groups in total. The number of likely N-dealkylation sites (tertiary alicyclic amines) is 1. The number of nitrogens with zero attached hydrogens (tertiary/aromatic N) is 4. The van der Waals surface area contributed by atoms with Gasteiger partial charge in [0.1, 0.15) is 5.69 Å². The second kappa shape index (κ2) is 9.34. The minimum absolute atomic E-state index is 0.00283. The molecule has 0 unspecified atom stereocenters. The van der Waals surface area contributed by atoms with Crippen LogP contribution in [0.3, 0.4) is 0 Å². The molecule has 4 rings (SSSR count). The lowest BCUT2D eigenvalue weighted by Crippen LogP contribution is -2.54. The number of hydrogen-bond acceptors (Lipinski definition) is 4. The monoisotopic (exact) mass is 431 g/mol. The lowest BCUT2D eigenvalue weighted by atomic mass is 9.73. The minimum atomic E-state index is -0.693. The van der Waals surface area contributed by atoms with Gasteiger partial charge in [-0.25, -0.2) is 0 Å². The van der Waals surface area contributed by atoms with Gasteiger partial charge in [-0.2, -0.15) is 5.10 Å². The molecule has 2 aromatic heterocycles. The van der Waals surface area contributed by atoms with E-state index in [2.05, 4.69) is 27.5 Å². The van der Waals surface area contributed by atoms with Crippen LogP contribution in [0.5, 0.6) is 0 Å². The van der Waals surface area contributed by atoms with E-state index in [1.54, 1.807) is 41.3 Å². The molecular formula is C25H29N5O2. The van der Waals surface area contributed by atoms with Gasteiger partial charge in [0.25, 0.3) is 5.91 Å². The van der Waals surface area contributed by atoms with Gasteiger partial charge in [0.2, 0.25) is 5.91 Å². The highest BCUT2D eigenvalue weighted by molar-refractivity contribution is 5.93. The van der Waals surface area contributed by atoms with Crippen LogP contribution in [-0.4, -0.2) is 51.1 Å². The molecule has 3 heterocycles. The second-order valence-electron chi connectivity index (χ2n) is 8.41. The van der Waals surface area contributed by atoms with Crippen molar-refractivity contribution in [2.75, 3.05) is 19.6 Å². The van der Waals surface area contributed by atoms with E-state index in [0.717, 1.165) is 29.5 Å². The van der Waals surface area contributed by atoms with Crippen LogP contribution < -0.4 is 5.32 Å². The molecule has 7 nitrogen and oxygen atoms in total. The first-order chi connectivity index (χ1) is 15.5. The molecule has 1 aliphatic rings. The van der Waals surface area contributed by atoms with Crippen LogP contribution in [0.15, 0.2) is 61.1 Å². The summed E-state index contributed by atoms with van der Waals surface area (Å²) in [6.07, 6.45) is 7.38. The minimum Gasteiger partial charge on any atom is -0.356 e. The molecule has 0 radical (unpaired) electrons. The summed E-state index contributed by atoms with van der Waals surface area (Å²) in [6.45, 7) is 3.48. The van der Waals surface area contributed by atoms with Crippen LogP contribution in [0, 0.1) is 5.41 Å². The summed E-state index contributed by atoms with van der Waals surface area (Å²) in [5.74, 6) is -0.121. The van der Waals surface area contributed by atoms with E-state index < -0.39 is 5.41 Å². The van der Waals surface area contributed by atoms with E-state index in [-0.39, 0.29) is 11.8 Å². The Balaban J connectivity index is 1.67. The number of benzene rings is 1. The first-order valence-electron chi connectivity index (χ1n) is 11.1. The van der Waals surface area contributed by atoms with Gasteiger partial charge in [-0.15, -0.1) is 0 Å². The Morgan fingerprint density at radius 3 is 2.62 bits per heavy atom. The number of hydrogen-bond donors (Lipinski definition) is 1. The summed E-state index contributed by atoms with van der Waals surface area (Å²) in [6, 6.07) is 13.9. The Morgan fingerprint density at radius 1 is 1.12 bits per heavy atom. The van der Waals surface area contributed by atoms with Crippen molar-refractivity contribution in [3.8, 4) is 11.1 Å². The molecule has 3 aromatic rings. The highest BCUT2D eigenvalue weighted by atomic mass is 16.2. The maximum absolute atomic E-state index is 13.4. The van der Waals surface area contributed by atoms with Crippen LogP contribution in [0.2, 0.25) is 0 Å². The van der Waals surface area contributed by atoms with Crippen molar-refractivity contribution in [2.24, 2.45) is 12.5 Å². The number of nitrogens with one attached hydrogen (secondary N) is 1. The fourth-order valence-electron chi connectivity index (χ4n) is 4.61. The number of pyridine rings is 1. The lowest BCUT2D eigenvalue weighted by Gasteiger charge is -2.42. The number of aromatic nitrogens is 3. The van der Waals surface area contributed by atoms with Crippen LogP contribution in [0.25, 0.3) is 11.1 Å². The molecule has 0 spiro atoms. The smallest absolute Gasteiger partial charge is 0.274 e. The van der Waals surface area contributed by atoms with Gasteiger partial charge < -0.3 is 10.2 Å². The van der Waals surface area contributed by atoms with Crippen molar-refractivity contribution in [1.82, 2.24) is 25.0 Å². The summed E-state index contributed by atoms with van der Waals surface area (Å²) in [7, 11) is 1.79. The molecule has 0 saturated carbocycles. The molecular weight excluding hydrogens is 402 g/mol. The van der Waals surface area contributed by atoms with Crippen molar-refractivity contribution in [2.45, 2.75) is 26.2 Å². The van der Waals surface area contributed by atoms with Crippen molar-refractivity contribution < 1.29 is 9.59 Å². The van der Waals surface area contributed by atoms with Crippen molar-refractivity contribution in [3.63, 3.8) is 0 Å². The summed E-state index contributed by atoms with van der Waals surface area (Å²) in [5, 5.41) is 7.30. The Hall–Kier alpha value is -3.48. The molecule has 1 aliphatic heterocycles. The number of amides is 2. The molecule has 0 bridgehead atoms. The lowest BCUT2D eigenvalue weighted by molar-refractivity contribution is -0.133. The summed E-state index contributed by atoms with van der Waals surface area (Å²) >= 11 is 0. The fourth-order valence-corrected chi connectivity index (χ4v) is 4.61. The van der Waals surface area contributed by atoms with E-state index in [1.165, 1.54) is 0 Å². The van der Waals surface area contributed by atoms with E-state index in [1.807, 2.05) is 31.2 Å². The maximum atomic E-state index is 13.4. The third kappa shape index (κ3) is 4.42. The molecule has 0 aliphatic carbocycles. The van der Waals surface area contributed by atoms with Crippen molar-refractivity contribution in [3.05, 3.63) is 72.3 Å². The molecule has 2 amide bonds. The first kappa shape index (κ1) is 21.7. The van der Waals surface area contributed by atoms with Gasteiger partial charge in [-0.05, 0) is 61.1 Å². The van der Waals surface area contributed by atoms with Gasteiger partial charge in [0.05, 0.1) is 5.41 Å². The number of aryl methyl sites for hydroxylation is 1. The van der Waals surface area contributed by atoms with Gasteiger partial charge in [-0.1, -0.05) is 24.3 Å². The molecule has 1 saturated heterocycles. The van der Waals surface area contributed by atoms with Gasteiger partial charge in [-0.3, -0.25) is 19.3 Å². The van der Waals surface area contributed by atoms with Crippen LogP contribution in [0.1, 0.15) is 35.8 Å². The third-order valence-corrected chi connectivity index (χ3v) is 6.15. The van der Waals surface area contributed by atoms with Crippen LogP contribution >= 0.6 is 0 Å². The summed E-state index contributed by atoms with van der Waals surface area (Å²) < 4.78 is 1.62. The number of piperidine rings is 1. The zero-order valence-electron chi connectivity index (χ0n) is 18.6. The normalized spacial score (nSPS) is 18.4. The molecule has 7 heteroatoms. The van der Waals surface area contributed by atoms with Crippen LogP contribution in [0.4, 0.5) is 0 Å². The summed E-state index contributed by atoms with van der Waals surface area (Å²) in [5.41, 5.74) is 2.97. The maximum Gasteiger partial charge on any atom is 0.274 e. The molecule has 32 heavy (non-hydrogen) atoms. The highest BCUT2D eigenvalue weighted by Crippen LogP contribution is 2.37. The van der Waals surface area contributed by atoms with Crippen molar-refractivity contribution in [1.29, 1.82) is 0 Å². The van der Waals surface area contributed by atoms with Crippen molar-refractivity contribution >= 4 is 11.8 Å². The largest absolute Gasteiger partial charge is 0.356 e. The number of carbonyl (C=O) groups is 2. The third-order valence-electron chi connectivity index (χ3n) is 6.15. The second-order valence-corrected chi connectivity index (χ2v) is 8.41. The Labute approximate surface area is 188 Å². The first-order valence-corrected chi connectivity index (χ1v) is 11.1. The van der Waals surface area contributed by atoms with Gasteiger partial charge >= 0.3 is 0 Å².